The van der Waals surface area contributed by atoms with Gasteiger partial charge >= 0.3 is 0 Å². The van der Waals surface area contributed by atoms with Crippen molar-refractivity contribution >= 4 is 11.8 Å². The Morgan fingerprint density at radius 3 is 2.73 bits per heavy atom. The molecule has 0 saturated carbocycles. The summed E-state index contributed by atoms with van der Waals surface area (Å²) in [6.07, 6.45) is 1.77. The number of likely N-dealkylation sites (tertiary alicyclic amines) is 1. The summed E-state index contributed by atoms with van der Waals surface area (Å²) in [5.74, 6) is -0.520. The minimum Gasteiger partial charge on any atom is -0.344 e. The van der Waals surface area contributed by atoms with E-state index in [4.69, 9.17) is 0 Å². The normalized spacial score (nSPS) is 19.4. The molecule has 2 amide bonds. The molecule has 0 bridgehead atoms. The fourth-order valence-electron chi connectivity index (χ4n) is 2.86. The first kappa shape index (κ1) is 16.5. The summed E-state index contributed by atoms with van der Waals surface area (Å²) >= 11 is 0. The van der Waals surface area contributed by atoms with Gasteiger partial charge in [-0.2, -0.15) is 0 Å². The molecular formula is C17H23FN2O2. The first-order chi connectivity index (χ1) is 10.4. The predicted octanol–water partition coefficient (Wildman–Crippen LogP) is 2.08. The number of likely N-dealkylation sites (N-methyl/N-ethyl adjacent to an activating group) is 2. The molecule has 1 aliphatic heterocycles. The van der Waals surface area contributed by atoms with E-state index in [9.17, 15) is 14.0 Å². The number of aryl methyl sites for hydroxylation is 1. The van der Waals surface area contributed by atoms with Gasteiger partial charge in [0, 0.05) is 26.6 Å². The van der Waals surface area contributed by atoms with Crippen molar-refractivity contribution in [2.75, 3.05) is 20.6 Å². The van der Waals surface area contributed by atoms with E-state index in [1.54, 1.807) is 42.1 Å². The van der Waals surface area contributed by atoms with E-state index in [0.29, 0.717) is 31.4 Å². The molecule has 0 aromatic heterocycles. The molecule has 0 spiro atoms. The average Bonchev–Trinajstić information content (AvgIpc) is 2.84. The van der Waals surface area contributed by atoms with Gasteiger partial charge in [0.2, 0.25) is 11.8 Å². The Labute approximate surface area is 130 Å². The molecule has 4 nitrogen and oxygen atoms in total. The molecule has 1 fully saturated rings. The Kier molecular flexibility index (Phi) is 5.16. The van der Waals surface area contributed by atoms with Crippen molar-refractivity contribution in [2.45, 2.75) is 32.2 Å². The van der Waals surface area contributed by atoms with Gasteiger partial charge in [-0.25, -0.2) is 4.39 Å². The molecule has 1 heterocycles. The van der Waals surface area contributed by atoms with Crippen molar-refractivity contribution in [3.63, 3.8) is 0 Å². The maximum Gasteiger partial charge on any atom is 0.245 e. The van der Waals surface area contributed by atoms with E-state index in [-0.39, 0.29) is 29.6 Å². The van der Waals surface area contributed by atoms with Crippen molar-refractivity contribution in [2.24, 2.45) is 5.92 Å². The van der Waals surface area contributed by atoms with Crippen LogP contribution in [0.1, 0.15) is 25.3 Å². The summed E-state index contributed by atoms with van der Waals surface area (Å²) < 4.78 is 13.6. The highest BCUT2D eigenvalue weighted by atomic mass is 19.1. The van der Waals surface area contributed by atoms with E-state index in [0.717, 1.165) is 0 Å². The third-order valence-electron chi connectivity index (χ3n) is 4.44. The molecule has 1 aliphatic rings. The summed E-state index contributed by atoms with van der Waals surface area (Å²) in [6.45, 7) is 2.52. The van der Waals surface area contributed by atoms with Gasteiger partial charge in [0.1, 0.15) is 11.9 Å². The minimum absolute atomic E-state index is 0.00264. The molecule has 2 rings (SSSR count). The molecule has 120 valence electrons. The van der Waals surface area contributed by atoms with E-state index in [2.05, 4.69) is 0 Å². The van der Waals surface area contributed by atoms with E-state index >= 15 is 0 Å². The van der Waals surface area contributed by atoms with Crippen molar-refractivity contribution in [3.8, 4) is 0 Å². The molecule has 22 heavy (non-hydrogen) atoms. The molecule has 2 atom stereocenters. The van der Waals surface area contributed by atoms with Crippen LogP contribution in [-0.4, -0.2) is 48.3 Å². The first-order valence-electron chi connectivity index (χ1n) is 7.67. The number of nitrogens with zero attached hydrogens (tertiary/aromatic N) is 2. The zero-order valence-corrected chi connectivity index (χ0v) is 13.4. The second-order valence-electron chi connectivity index (χ2n) is 6.04. The average molecular weight is 306 g/mol. The Hall–Kier alpha value is -1.91. The van der Waals surface area contributed by atoms with Crippen LogP contribution in [0, 0.1) is 11.7 Å². The van der Waals surface area contributed by atoms with Gasteiger partial charge in [0.15, 0.2) is 0 Å². The second-order valence-corrected chi connectivity index (χ2v) is 6.04. The Bertz CT molecular complexity index is 561. The summed E-state index contributed by atoms with van der Waals surface area (Å²) in [6, 6.07) is 6.27. The van der Waals surface area contributed by atoms with E-state index < -0.39 is 0 Å². The lowest BCUT2D eigenvalue weighted by Gasteiger charge is -2.26. The quantitative estimate of drug-likeness (QED) is 0.836. The Morgan fingerprint density at radius 2 is 2.14 bits per heavy atom. The second kappa shape index (κ2) is 6.90. The van der Waals surface area contributed by atoms with Gasteiger partial charge in [-0.3, -0.25) is 9.59 Å². The van der Waals surface area contributed by atoms with Crippen LogP contribution in [0.3, 0.4) is 0 Å². The van der Waals surface area contributed by atoms with Crippen LogP contribution in [0.15, 0.2) is 24.3 Å². The third kappa shape index (κ3) is 3.46. The standard InChI is InChI=1S/C17H23FN2O2/c1-12(8-9-13-6-4-5-7-14(13)18)16(21)20(3)15-10-11-19(2)17(15)22/h4-7,12,15H,8-11H2,1-3H3/t12-,15+/m0/s1. The fraction of sp³-hybridized carbons (Fsp3) is 0.529. The van der Waals surface area contributed by atoms with Gasteiger partial charge in [0.05, 0.1) is 0 Å². The fourth-order valence-corrected chi connectivity index (χ4v) is 2.86. The van der Waals surface area contributed by atoms with Gasteiger partial charge in [-0.1, -0.05) is 25.1 Å². The van der Waals surface area contributed by atoms with E-state index in [1.165, 1.54) is 6.07 Å². The highest BCUT2D eigenvalue weighted by molar-refractivity contribution is 5.89. The lowest BCUT2D eigenvalue weighted by atomic mass is 9.99. The molecule has 5 heteroatoms. The molecule has 0 aliphatic carbocycles. The van der Waals surface area contributed by atoms with Crippen molar-refractivity contribution < 1.29 is 14.0 Å². The molecule has 1 aromatic rings. The minimum atomic E-state index is -0.353. The first-order valence-corrected chi connectivity index (χ1v) is 7.67. The van der Waals surface area contributed by atoms with Crippen molar-refractivity contribution in [3.05, 3.63) is 35.6 Å². The summed E-state index contributed by atoms with van der Waals surface area (Å²) in [7, 11) is 3.44. The van der Waals surface area contributed by atoms with Gasteiger partial charge in [0.25, 0.3) is 0 Å². The van der Waals surface area contributed by atoms with Crippen LogP contribution in [0.5, 0.6) is 0 Å². The highest BCUT2D eigenvalue weighted by Crippen LogP contribution is 2.19. The van der Waals surface area contributed by atoms with Crippen LogP contribution in [0.25, 0.3) is 0 Å². The lowest BCUT2D eigenvalue weighted by molar-refractivity contribution is -0.142. The van der Waals surface area contributed by atoms with Gasteiger partial charge in [-0.05, 0) is 30.9 Å². The topological polar surface area (TPSA) is 40.6 Å². The van der Waals surface area contributed by atoms with Gasteiger partial charge < -0.3 is 9.80 Å². The van der Waals surface area contributed by atoms with Crippen LogP contribution in [0.4, 0.5) is 4.39 Å². The van der Waals surface area contributed by atoms with Gasteiger partial charge in [-0.15, -0.1) is 0 Å². The van der Waals surface area contributed by atoms with Crippen molar-refractivity contribution in [1.29, 1.82) is 0 Å². The SMILES string of the molecule is C[C@@H](CCc1ccccc1F)C(=O)N(C)[C@@H]1CCN(C)C1=O. The number of rotatable bonds is 5. The summed E-state index contributed by atoms with van der Waals surface area (Å²) in [4.78, 5) is 27.6. The number of amides is 2. The summed E-state index contributed by atoms with van der Waals surface area (Å²) in [5.41, 5.74) is 0.626. The zero-order chi connectivity index (χ0) is 16.3. The number of halogens is 1. The molecule has 0 N–H and O–H groups in total. The van der Waals surface area contributed by atoms with Crippen LogP contribution >= 0.6 is 0 Å². The van der Waals surface area contributed by atoms with Crippen LogP contribution in [-0.2, 0) is 16.0 Å². The molecular weight excluding hydrogens is 283 g/mol. The van der Waals surface area contributed by atoms with E-state index in [1.807, 2.05) is 6.92 Å². The summed E-state index contributed by atoms with van der Waals surface area (Å²) in [5, 5.41) is 0. The smallest absolute Gasteiger partial charge is 0.245 e. The third-order valence-corrected chi connectivity index (χ3v) is 4.44. The van der Waals surface area contributed by atoms with Crippen LogP contribution in [0.2, 0.25) is 0 Å². The largest absolute Gasteiger partial charge is 0.344 e. The Balaban J connectivity index is 1.92. The highest BCUT2D eigenvalue weighted by Gasteiger charge is 2.35. The number of hydrogen-bond donors (Lipinski definition) is 0. The van der Waals surface area contributed by atoms with Crippen LogP contribution < -0.4 is 0 Å². The van der Waals surface area contributed by atoms with Crippen molar-refractivity contribution in [1.82, 2.24) is 9.80 Å². The molecule has 0 unspecified atom stereocenters. The number of benzene rings is 1. The maximum absolute atomic E-state index is 13.6. The zero-order valence-electron chi connectivity index (χ0n) is 13.4. The number of hydrogen-bond acceptors (Lipinski definition) is 2. The lowest BCUT2D eigenvalue weighted by Crippen LogP contribution is -2.44. The predicted molar refractivity (Wildman–Crippen MR) is 82.7 cm³/mol. The monoisotopic (exact) mass is 306 g/mol. The molecule has 0 radical (unpaired) electrons. The number of carbonyl (C=O) groups excluding carboxylic acids is 2. The Morgan fingerprint density at radius 1 is 1.45 bits per heavy atom. The number of carbonyl (C=O) groups is 2. The maximum atomic E-state index is 13.6. The molecule has 1 saturated heterocycles. The molecule has 1 aromatic carbocycles.